The maximum absolute atomic E-state index is 12.3. The lowest BCUT2D eigenvalue weighted by Crippen LogP contribution is -2.11. The topological polar surface area (TPSA) is 73.1 Å². The van der Waals surface area contributed by atoms with E-state index in [0.29, 0.717) is 12.3 Å². The van der Waals surface area contributed by atoms with Gasteiger partial charge < -0.3 is 4.42 Å². The molecule has 0 unspecified atom stereocenters. The van der Waals surface area contributed by atoms with E-state index in [0.717, 1.165) is 0 Å². The molecule has 1 heterocycles. The summed E-state index contributed by atoms with van der Waals surface area (Å²) in [5.41, 5.74) is 0. The van der Waals surface area contributed by atoms with Crippen LogP contribution < -0.4 is 0 Å². The Balaban J connectivity index is 2.36. The number of aryl methyl sites for hydroxylation is 1. The van der Waals surface area contributed by atoms with Gasteiger partial charge >= 0.3 is 0 Å². The average Bonchev–Trinajstić information content (AvgIpc) is 2.87. The van der Waals surface area contributed by atoms with Crippen LogP contribution in [0.15, 0.2) is 39.6 Å². The van der Waals surface area contributed by atoms with Crippen LogP contribution in [0.2, 0.25) is 0 Å². The smallest absolute Gasteiger partial charge is 0.234 e. The van der Waals surface area contributed by atoms with Gasteiger partial charge in [0, 0.05) is 6.42 Å². The Morgan fingerprint density at radius 2 is 1.89 bits per heavy atom. The molecular weight excluding hydrogens is 252 g/mol. The molecule has 18 heavy (non-hydrogen) atoms. The molecule has 6 heteroatoms. The van der Waals surface area contributed by atoms with Crippen LogP contribution in [0, 0.1) is 0 Å². The first-order valence-electron chi connectivity index (χ1n) is 5.67. The molecule has 0 saturated carbocycles. The number of nitrogens with zero attached hydrogens (tertiary/aromatic N) is 2. The van der Waals surface area contributed by atoms with Crippen LogP contribution in [0.4, 0.5) is 0 Å². The quantitative estimate of drug-likeness (QED) is 0.848. The summed E-state index contributed by atoms with van der Waals surface area (Å²) in [6.45, 7) is 3.42. The summed E-state index contributed by atoms with van der Waals surface area (Å²) >= 11 is 0. The van der Waals surface area contributed by atoms with Gasteiger partial charge in [0.2, 0.25) is 11.8 Å². The third-order valence-electron chi connectivity index (χ3n) is 2.67. The summed E-state index contributed by atoms with van der Waals surface area (Å²) in [5.74, 6) is 0.579. The maximum Gasteiger partial charge on any atom is 0.234 e. The Bertz CT molecular complexity index is 620. The van der Waals surface area contributed by atoms with Crippen LogP contribution in [0.5, 0.6) is 0 Å². The molecule has 0 saturated heterocycles. The molecule has 1 aromatic carbocycles. The second-order valence-corrected chi connectivity index (χ2v) is 6.16. The first-order valence-corrected chi connectivity index (χ1v) is 7.21. The van der Waals surface area contributed by atoms with Crippen LogP contribution in [-0.2, 0) is 16.3 Å². The van der Waals surface area contributed by atoms with Crippen molar-refractivity contribution < 1.29 is 12.8 Å². The molecule has 0 amide bonds. The first kappa shape index (κ1) is 12.8. The van der Waals surface area contributed by atoms with Crippen molar-refractivity contribution in [1.82, 2.24) is 10.2 Å². The Kier molecular flexibility index (Phi) is 3.47. The lowest BCUT2D eigenvalue weighted by atomic mass is 10.4. The highest BCUT2D eigenvalue weighted by Crippen LogP contribution is 2.27. The summed E-state index contributed by atoms with van der Waals surface area (Å²) in [6, 6.07) is 8.26. The highest BCUT2D eigenvalue weighted by Gasteiger charge is 2.29. The molecule has 2 aromatic rings. The van der Waals surface area contributed by atoms with E-state index in [4.69, 9.17) is 4.42 Å². The van der Waals surface area contributed by atoms with Gasteiger partial charge in [-0.05, 0) is 19.1 Å². The normalized spacial score (nSPS) is 13.4. The third-order valence-corrected chi connectivity index (χ3v) is 4.73. The van der Waals surface area contributed by atoms with Crippen molar-refractivity contribution in [2.24, 2.45) is 0 Å². The van der Waals surface area contributed by atoms with Crippen molar-refractivity contribution in [3.8, 4) is 0 Å². The third kappa shape index (κ3) is 2.28. The predicted octanol–water partition coefficient (Wildman–Crippen LogP) is 2.17. The van der Waals surface area contributed by atoms with E-state index in [2.05, 4.69) is 10.2 Å². The van der Waals surface area contributed by atoms with Gasteiger partial charge in [0.25, 0.3) is 0 Å². The zero-order chi connectivity index (χ0) is 13.2. The van der Waals surface area contributed by atoms with Crippen molar-refractivity contribution in [1.29, 1.82) is 0 Å². The number of hydrogen-bond donors (Lipinski definition) is 0. The zero-order valence-corrected chi connectivity index (χ0v) is 11.0. The molecule has 2 rings (SSSR count). The van der Waals surface area contributed by atoms with Gasteiger partial charge in [-0.3, -0.25) is 0 Å². The lowest BCUT2D eigenvalue weighted by Gasteiger charge is -2.08. The Morgan fingerprint density at radius 3 is 2.44 bits per heavy atom. The van der Waals surface area contributed by atoms with Gasteiger partial charge in [0.1, 0.15) is 5.25 Å². The minimum absolute atomic E-state index is 0.135. The predicted molar refractivity (Wildman–Crippen MR) is 65.7 cm³/mol. The van der Waals surface area contributed by atoms with Crippen LogP contribution in [0.1, 0.15) is 30.9 Å². The number of sulfone groups is 1. The van der Waals surface area contributed by atoms with Gasteiger partial charge in [-0.2, -0.15) is 0 Å². The zero-order valence-electron chi connectivity index (χ0n) is 10.2. The maximum atomic E-state index is 12.3. The monoisotopic (exact) mass is 266 g/mol. The molecule has 0 aliphatic carbocycles. The van der Waals surface area contributed by atoms with Crippen LogP contribution in [-0.4, -0.2) is 18.6 Å². The fraction of sp³-hybridized carbons (Fsp3) is 0.333. The van der Waals surface area contributed by atoms with E-state index in [1.54, 1.807) is 37.3 Å². The van der Waals surface area contributed by atoms with Gasteiger partial charge in [0.15, 0.2) is 9.84 Å². The van der Waals surface area contributed by atoms with Crippen molar-refractivity contribution in [3.63, 3.8) is 0 Å². The molecule has 0 fully saturated rings. The van der Waals surface area contributed by atoms with Crippen LogP contribution in [0.25, 0.3) is 0 Å². The van der Waals surface area contributed by atoms with Gasteiger partial charge in [-0.15, -0.1) is 10.2 Å². The second kappa shape index (κ2) is 4.89. The largest absolute Gasteiger partial charge is 0.424 e. The van der Waals surface area contributed by atoms with Crippen molar-refractivity contribution in [2.45, 2.75) is 30.4 Å². The van der Waals surface area contributed by atoms with E-state index in [1.165, 1.54) is 0 Å². The van der Waals surface area contributed by atoms with E-state index in [-0.39, 0.29) is 10.8 Å². The minimum Gasteiger partial charge on any atom is -0.424 e. The summed E-state index contributed by atoms with van der Waals surface area (Å²) in [4.78, 5) is 0.258. The highest BCUT2D eigenvalue weighted by atomic mass is 32.2. The first-order chi connectivity index (χ1) is 8.55. The van der Waals surface area contributed by atoms with Gasteiger partial charge in [0.05, 0.1) is 4.90 Å². The molecule has 0 spiro atoms. The number of aromatic nitrogens is 2. The summed E-state index contributed by atoms with van der Waals surface area (Å²) < 4.78 is 29.9. The Hall–Kier alpha value is -1.69. The lowest BCUT2D eigenvalue weighted by molar-refractivity contribution is 0.449. The van der Waals surface area contributed by atoms with Gasteiger partial charge in [-0.25, -0.2) is 8.42 Å². The van der Waals surface area contributed by atoms with E-state index >= 15 is 0 Å². The molecule has 0 radical (unpaired) electrons. The molecule has 0 aliphatic heterocycles. The molecule has 96 valence electrons. The highest BCUT2D eigenvalue weighted by molar-refractivity contribution is 7.91. The summed E-state index contributed by atoms with van der Waals surface area (Å²) in [5, 5.41) is 6.72. The SMILES string of the molecule is CCc1nnc([C@H](C)S(=O)(=O)c2ccccc2)o1. The van der Waals surface area contributed by atoms with Crippen LogP contribution >= 0.6 is 0 Å². The summed E-state index contributed by atoms with van der Waals surface area (Å²) in [7, 11) is -3.48. The van der Waals surface area contributed by atoms with Crippen molar-refractivity contribution in [3.05, 3.63) is 42.1 Å². The summed E-state index contributed by atoms with van der Waals surface area (Å²) in [6.07, 6.45) is 0.588. The number of hydrogen-bond acceptors (Lipinski definition) is 5. The molecule has 1 aromatic heterocycles. The molecule has 0 N–H and O–H groups in total. The molecule has 0 aliphatic rings. The average molecular weight is 266 g/mol. The minimum atomic E-state index is -3.48. The van der Waals surface area contributed by atoms with E-state index in [1.807, 2.05) is 6.92 Å². The van der Waals surface area contributed by atoms with Crippen molar-refractivity contribution >= 4 is 9.84 Å². The van der Waals surface area contributed by atoms with E-state index in [9.17, 15) is 8.42 Å². The standard InChI is InChI=1S/C12H14N2O3S/c1-3-11-13-14-12(17-11)9(2)18(15,16)10-7-5-4-6-8-10/h4-9H,3H2,1-2H3/t9-/m0/s1. The Labute approximate surface area is 106 Å². The number of benzene rings is 1. The molecule has 1 atom stereocenters. The molecular formula is C12H14N2O3S. The molecule has 5 nitrogen and oxygen atoms in total. The van der Waals surface area contributed by atoms with Gasteiger partial charge in [-0.1, -0.05) is 25.1 Å². The Morgan fingerprint density at radius 1 is 1.22 bits per heavy atom. The van der Waals surface area contributed by atoms with Crippen LogP contribution in [0.3, 0.4) is 0 Å². The second-order valence-electron chi connectivity index (χ2n) is 3.89. The molecule has 0 bridgehead atoms. The van der Waals surface area contributed by atoms with Crippen molar-refractivity contribution in [2.75, 3.05) is 0 Å². The number of rotatable bonds is 4. The van der Waals surface area contributed by atoms with E-state index < -0.39 is 15.1 Å². The fourth-order valence-electron chi connectivity index (χ4n) is 1.52. The fourth-order valence-corrected chi connectivity index (χ4v) is 2.83.